The molecular formula is C11H15NO4S. The second kappa shape index (κ2) is 5.03. The highest BCUT2D eigenvalue weighted by molar-refractivity contribution is 7.89. The number of hydrogen-bond acceptors (Lipinski definition) is 4. The maximum absolute atomic E-state index is 12.0. The van der Waals surface area contributed by atoms with Crippen molar-refractivity contribution >= 4 is 10.0 Å². The Morgan fingerprint density at radius 3 is 2.76 bits per heavy atom. The quantitative estimate of drug-likeness (QED) is 0.841. The summed E-state index contributed by atoms with van der Waals surface area (Å²) in [6, 6.07) is 5.67. The maximum atomic E-state index is 12.0. The zero-order valence-corrected chi connectivity index (χ0v) is 10.1. The standard InChI is InChI=1S/C11H15NO4S/c13-10-5-1-2-6-11(10)17(14,15)12-9-4-3-7-16-8-9/h1-2,5-6,9,12-13H,3-4,7-8H2. The fraction of sp³-hybridized carbons (Fsp3) is 0.455. The number of ether oxygens (including phenoxy) is 1. The van der Waals surface area contributed by atoms with Crippen LogP contribution < -0.4 is 4.72 Å². The van der Waals surface area contributed by atoms with Gasteiger partial charge in [-0.05, 0) is 25.0 Å². The van der Waals surface area contributed by atoms with Gasteiger partial charge in [0.05, 0.1) is 6.61 Å². The van der Waals surface area contributed by atoms with Crippen molar-refractivity contribution in [2.45, 2.75) is 23.8 Å². The molecule has 0 saturated carbocycles. The molecule has 1 saturated heterocycles. The van der Waals surface area contributed by atoms with Crippen LogP contribution in [0.1, 0.15) is 12.8 Å². The van der Waals surface area contributed by atoms with Crippen LogP contribution in [0, 0.1) is 0 Å². The molecule has 1 aromatic carbocycles. The molecule has 1 aliphatic heterocycles. The van der Waals surface area contributed by atoms with Crippen LogP contribution in [0.15, 0.2) is 29.2 Å². The number of benzene rings is 1. The van der Waals surface area contributed by atoms with E-state index < -0.39 is 10.0 Å². The van der Waals surface area contributed by atoms with Crippen molar-refractivity contribution in [2.75, 3.05) is 13.2 Å². The fourth-order valence-corrected chi connectivity index (χ4v) is 3.15. The summed E-state index contributed by atoms with van der Waals surface area (Å²) in [7, 11) is -3.67. The Morgan fingerprint density at radius 1 is 1.35 bits per heavy atom. The number of rotatable bonds is 3. The zero-order chi connectivity index (χ0) is 12.3. The van der Waals surface area contributed by atoms with Crippen molar-refractivity contribution in [3.8, 4) is 5.75 Å². The molecule has 1 fully saturated rings. The minimum Gasteiger partial charge on any atom is -0.507 e. The van der Waals surface area contributed by atoms with Gasteiger partial charge in [-0.3, -0.25) is 0 Å². The molecule has 0 spiro atoms. The van der Waals surface area contributed by atoms with Crippen LogP contribution in [0.3, 0.4) is 0 Å². The van der Waals surface area contributed by atoms with E-state index in [1.807, 2.05) is 0 Å². The van der Waals surface area contributed by atoms with Crippen molar-refractivity contribution in [3.05, 3.63) is 24.3 Å². The second-order valence-electron chi connectivity index (χ2n) is 4.00. The third-order valence-electron chi connectivity index (χ3n) is 2.64. The molecule has 0 aromatic heterocycles. The van der Waals surface area contributed by atoms with Crippen LogP contribution in [0.2, 0.25) is 0 Å². The first-order chi connectivity index (χ1) is 8.09. The Kier molecular flexibility index (Phi) is 3.66. The summed E-state index contributed by atoms with van der Waals surface area (Å²) in [6.07, 6.45) is 1.60. The highest BCUT2D eigenvalue weighted by Gasteiger charge is 2.24. The Balaban J connectivity index is 2.16. The van der Waals surface area contributed by atoms with Crippen LogP contribution in [0.4, 0.5) is 0 Å². The van der Waals surface area contributed by atoms with E-state index in [1.54, 1.807) is 12.1 Å². The third kappa shape index (κ3) is 2.96. The second-order valence-corrected chi connectivity index (χ2v) is 5.69. The third-order valence-corrected chi connectivity index (χ3v) is 4.20. The summed E-state index contributed by atoms with van der Waals surface area (Å²) in [4.78, 5) is -0.0921. The molecule has 17 heavy (non-hydrogen) atoms. The Labute approximate surface area is 100 Å². The predicted octanol–water partition coefficient (Wildman–Crippen LogP) is 0.849. The minimum absolute atomic E-state index is 0.0921. The molecule has 0 aliphatic carbocycles. The molecular weight excluding hydrogens is 242 g/mol. The van der Waals surface area contributed by atoms with Gasteiger partial charge in [0, 0.05) is 12.6 Å². The highest BCUT2D eigenvalue weighted by atomic mass is 32.2. The van der Waals surface area contributed by atoms with Crippen molar-refractivity contribution < 1.29 is 18.3 Å². The largest absolute Gasteiger partial charge is 0.507 e. The van der Waals surface area contributed by atoms with Crippen molar-refractivity contribution in [1.82, 2.24) is 4.72 Å². The van der Waals surface area contributed by atoms with Crippen molar-refractivity contribution in [2.24, 2.45) is 0 Å². The van der Waals surface area contributed by atoms with E-state index >= 15 is 0 Å². The number of aromatic hydroxyl groups is 1. The average molecular weight is 257 g/mol. The smallest absolute Gasteiger partial charge is 0.244 e. The monoisotopic (exact) mass is 257 g/mol. The van der Waals surface area contributed by atoms with E-state index in [9.17, 15) is 13.5 Å². The van der Waals surface area contributed by atoms with E-state index in [2.05, 4.69) is 4.72 Å². The maximum Gasteiger partial charge on any atom is 0.244 e. The normalized spacial score (nSPS) is 21.3. The molecule has 1 aliphatic rings. The van der Waals surface area contributed by atoms with Crippen molar-refractivity contribution in [3.63, 3.8) is 0 Å². The number of para-hydroxylation sites is 1. The molecule has 0 amide bonds. The van der Waals surface area contributed by atoms with Crippen LogP contribution in [-0.4, -0.2) is 32.8 Å². The van der Waals surface area contributed by atoms with Crippen LogP contribution in [0.25, 0.3) is 0 Å². The lowest BCUT2D eigenvalue weighted by atomic mass is 10.1. The van der Waals surface area contributed by atoms with Gasteiger partial charge in [0.1, 0.15) is 10.6 Å². The van der Waals surface area contributed by atoms with Gasteiger partial charge in [0.25, 0.3) is 0 Å². The molecule has 1 atom stereocenters. The number of nitrogens with one attached hydrogen (secondary N) is 1. The summed E-state index contributed by atoms with van der Waals surface area (Å²) in [5.41, 5.74) is 0. The van der Waals surface area contributed by atoms with Crippen LogP contribution >= 0.6 is 0 Å². The molecule has 1 unspecified atom stereocenters. The van der Waals surface area contributed by atoms with Gasteiger partial charge in [-0.1, -0.05) is 12.1 Å². The Bertz CT molecular complexity index is 480. The van der Waals surface area contributed by atoms with Gasteiger partial charge in [-0.2, -0.15) is 0 Å². The van der Waals surface area contributed by atoms with Crippen molar-refractivity contribution in [1.29, 1.82) is 0 Å². The van der Waals surface area contributed by atoms with E-state index in [0.29, 0.717) is 13.2 Å². The molecule has 94 valence electrons. The predicted molar refractivity (Wildman–Crippen MR) is 62.3 cm³/mol. The molecule has 2 rings (SSSR count). The Morgan fingerprint density at radius 2 is 2.12 bits per heavy atom. The molecule has 2 N–H and O–H groups in total. The number of sulfonamides is 1. The van der Waals surface area contributed by atoms with Crippen LogP contribution in [-0.2, 0) is 14.8 Å². The first-order valence-electron chi connectivity index (χ1n) is 5.48. The molecule has 1 aromatic rings. The van der Waals surface area contributed by atoms with Gasteiger partial charge in [-0.25, -0.2) is 13.1 Å². The molecule has 0 bridgehead atoms. The summed E-state index contributed by atoms with van der Waals surface area (Å²) < 4.78 is 31.7. The van der Waals surface area contributed by atoms with Gasteiger partial charge >= 0.3 is 0 Å². The molecule has 1 heterocycles. The highest BCUT2D eigenvalue weighted by Crippen LogP contribution is 2.22. The molecule has 0 radical (unpaired) electrons. The van der Waals surface area contributed by atoms with Gasteiger partial charge in [0.15, 0.2) is 0 Å². The summed E-state index contributed by atoms with van der Waals surface area (Å²) in [5.74, 6) is -0.239. The molecule has 5 nitrogen and oxygen atoms in total. The lowest BCUT2D eigenvalue weighted by Gasteiger charge is -2.23. The summed E-state index contributed by atoms with van der Waals surface area (Å²) in [5, 5.41) is 9.53. The SMILES string of the molecule is O=S(=O)(NC1CCCOC1)c1ccccc1O. The van der Waals surface area contributed by atoms with Gasteiger partial charge in [-0.15, -0.1) is 0 Å². The van der Waals surface area contributed by atoms with E-state index in [-0.39, 0.29) is 16.7 Å². The number of hydrogen-bond donors (Lipinski definition) is 2. The van der Waals surface area contributed by atoms with E-state index in [1.165, 1.54) is 12.1 Å². The van der Waals surface area contributed by atoms with E-state index in [0.717, 1.165) is 12.8 Å². The lowest BCUT2D eigenvalue weighted by molar-refractivity contribution is 0.0774. The zero-order valence-electron chi connectivity index (χ0n) is 9.30. The fourth-order valence-electron chi connectivity index (χ4n) is 1.80. The van der Waals surface area contributed by atoms with Gasteiger partial charge < -0.3 is 9.84 Å². The molecule has 6 heteroatoms. The summed E-state index contributed by atoms with van der Waals surface area (Å²) in [6.45, 7) is 1.06. The number of phenolic OH excluding ortho intramolecular Hbond substituents is 1. The Hall–Kier alpha value is -1.11. The first-order valence-corrected chi connectivity index (χ1v) is 6.96. The van der Waals surface area contributed by atoms with Gasteiger partial charge in [0.2, 0.25) is 10.0 Å². The minimum atomic E-state index is -3.67. The summed E-state index contributed by atoms with van der Waals surface area (Å²) >= 11 is 0. The first kappa shape index (κ1) is 12.3. The lowest BCUT2D eigenvalue weighted by Crippen LogP contribution is -2.40. The average Bonchev–Trinajstić information content (AvgIpc) is 2.30. The van der Waals surface area contributed by atoms with Crippen LogP contribution in [0.5, 0.6) is 5.75 Å². The topological polar surface area (TPSA) is 75.6 Å². The van der Waals surface area contributed by atoms with E-state index in [4.69, 9.17) is 4.74 Å². The number of phenols is 1.